The van der Waals surface area contributed by atoms with E-state index in [9.17, 15) is 22.8 Å². The highest BCUT2D eigenvalue weighted by molar-refractivity contribution is 5.83. The molecule has 1 amide bonds. The maximum atomic E-state index is 12.5. The molecule has 1 aromatic carbocycles. The van der Waals surface area contributed by atoms with Gasteiger partial charge in [-0.1, -0.05) is 0 Å². The maximum absolute atomic E-state index is 12.5. The van der Waals surface area contributed by atoms with E-state index in [1.54, 1.807) is 0 Å². The Balaban J connectivity index is 1.99. The van der Waals surface area contributed by atoms with E-state index in [1.165, 1.54) is 12.1 Å². The zero-order chi connectivity index (χ0) is 16.3. The number of hydrogen-bond donors (Lipinski definition) is 1. The standard InChI is InChI=1S/C14H14F3NO4/c15-14(16,17)9-3-5-10(6-4-9)21-11(8-1-2-8)7-12(19)22-13(18)20/h3-6,8,11H,1-2,7H2,(H2,18,20). The summed E-state index contributed by atoms with van der Waals surface area (Å²) in [6, 6.07) is 4.19. The summed E-state index contributed by atoms with van der Waals surface area (Å²) in [7, 11) is 0. The third-order valence-corrected chi connectivity index (χ3v) is 3.20. The van der Waals surface area contributed by atoms with E-state index in [0.29, 0.717) is 0 Å². The van der Waals surface area contributed by atoms with E-state index in [0.717, 1.165) is 25.0 Å². The molecular weight excluding hydrogens is 303 g/mol. The highest BCUT2D eigenvalue weighted by atomic mass is 19.4. The number of halogens is 3. The molecule has 0 aromatic heterocycles. The number of alkyl halides is 3. The molecule has 0 bridgehead atoms. The zero-order valence-electron chi connectivity index (χ0n) is 11.4. The van der Waals surface area contributed by atoms with Gasteiger partial charge >= 0.3 is 18.2 Å². The Morgan fingerprint density at radius 3 is 2.27 bits per heavy atom. The highest BCUT2D eigenvalue weighted by Gasteiger charge is 2.35. The number of benzene rings is 1. The molecule has 120 valence electrons. The third kappa shape index (κ3) is 4.64. The van der Waals surface area contributed by atoms with Crippen LogP contribution in [-0.2, 0) is 15.7 Å². The van der Waals surface area contributed by atoms with E-state index in [1.807, 2.05) is 0 Å². The molecule has 1 aliphatic carbocycles. The quantitative estimate of drug-likeness (QED) is 0.669. The molecule has 2 N–H and O–H groups in total. The summed E-state index contributed by atoms with van der Waals surface area (Å²) in [6.45, 7) is 0. The van der Waals surface area contributed by atoms with Gasteiger partial charge in [0, 0.05) is 0 Å². The molecule has 1 saturated carbocycles. The van der Waals surface area contributed by atoms with Gasteiger partial charge in [0.1, 0.15) is 11.9 Å². The van der Waals surface area contributed by atoms with E-state index in [4.69, 9.17) is 10.5 Å². The second kappa shape index (κ2) is 6.25. The van der Waals surface area contributed by atoms with Crippen molar-refractivity contribution >= 4 is 12.1 Å². The third-order valence-electron chi connectivity index (χ3n) is 3.20. The Bertz CT molecular complexity index is 552. The number of nitrogens with two attached hydrogens (primary N) is 1. The minimum Gasteiger partial charge on any atom is -0.490 e. The Labute approximate surface area is 124 Å². The monoisotopic (exact) mass is 317 g/mol. The average Bonchev–Trinajstić information content (AvgIpc) is 3.20. The van der Waals surface area contributed by atoms with Crippen LogP contribution >= 0.6 is 0 Å². The first kappa shape index (κ1) is 16.1. The Hall–Kier alpha value is -2.25. The maximum Gasteiger partial charge on any atom is 0.416 e. The second-order valence-electron chi connectivity index (χ2n) is 5.01. The van der Waals surface area contributed by atoms with Crippen LogP contribution in [0.4, 0.5) is 18.0 Å². The Morgan fingerprint density at radius 2 is 1.82 bits per heavy atom. The van der Waals surface area contributed by atoms with Crippen molar-refractivity contribution in [2.75, 3.05) is 0 Å². The van der Waals surface area contributed by atoms with Crippen LogP contribution in [0.2, 0.25) is 0 Å². The SMILES string of the molecule is NC(=O)OC(=O)CC(Oc1ccc(C(F)(F)F)cc1)C1CC1. The normalized spacial score (nSPS) is 16.0. The van der Waals surface area contributed by atoms with Gasteiger partial charge in [0.05, 0.1) is 12.0 Å². The van der Waals surface area contributed by atoms with Crippen molar-refractivity contribution in [3.8, 4) is 5.75 Å². The molecule has 0 heterocycles. The van der Waals surface area contributed by atoms with Crippen LogP contribution in [0, 0.1) is 5.92 Å². The minimum atomic E-state index is -4.42. The molecule has 8 heteroatoms. The van der Waals surface area contributed by atoms with Gasteiger partial charge in [0.15, 0.2) is 0 Å². The molecule has 0 aliphatic heterocycles. The lowest BCUT2D eigenvalue weighted by Crippen LogP contribution is -2.27. The van der Waals surface area contributed by atoms with Gasteiger partial charge in [-0.3, -0.25) is 4.79 Å². The van der Waals surface area contributed by atoms with Crippen LogP contribution in [0.15, 0.2) is 24.3 Å². The molecule has 22 heavy (non-hydrogen) atoms. The molecular formula is C14H14F3NO4. The fourth-order valence-electron chi connectivity index (χ4n) is 1.99. The lowest BCUT2D eigenvalue weighted by atomic mass is 10.1. The van der Waals surface area contributed by atoms with Gasteiger partial charge in [-0.2, -0.15) is 13.2 Å². The lowest BCUT2D eigenvalue weighted by molar-refractivity contribution is -0.139. The summed E-state index contributed by atoms with van der Waals surface area (Å²) in [6.07, 6.45) is -4.67. The summed E-state index contributed by atoms with van der Waals surface area (Å²) in [5, 5.41) is 0. The first-order valence-corrected chi connectivity index (χ1v) is 6.59. The number of ether oxygens (including phenoxy) is 2. The molecule has 0 spiro atoms. The van der Waals surface area contributed by atoms with Crippen molar-refractivity contribution in [3.05, 3.63) is 29.8 Å². The van der Waals surface area contributed by atoms with Crippen molar-refractivity contribution < 1.29 is 32.2 Å². The molecule has 5 nitrogen and oxygen atoms in total. The molecule has 1 atom stereocenters. The van der Waals surface area contributed by atoms with Gasteiger partial charge in [-0.05, 0) is 43.0 Å². The second-order valence-corrected chi connectivity index (χ2v) is 5.01. The van der Waals surface area contributed by atoms with Crippen LogP contribution in [0.1, 0.15) is 24.8 Å². The molecule has 0 radical (unpaired) electrons. The number of hydrogen-bond acceptors (Lipinski definition) is 4. The molecule has 1 fully saturated rings. The van der Waals surface area contributed by atoms with Crippen molar-refractivity contribution in [1.82, 2.24) is 0 Å². The summed E-state index contributed by atoms with van der Waals surface area (Å²) in [5.74, 6) is -0.490. The summed E-state index contributed by atoms with van der Waals surface area (Å²) < 4.78 is 47.2. The fourth-order valence-corrected chi connectivity index (χ4v) is 1.99. The average molecular weight is 317 g/mol. The smallest absolute Gasteiger partial charge is 0.416 e. The largest absolute Gasteiger partial charge is 0.490 e. The number of carbonyl (C=O) groups is 2. The Kier molecular flexibility index (Phi) is 4.58. The van der Waals surface area contributed by atoms with Crippen LogP contribution < -0.4 is 10.5 Å². The molecule has 2 rings (SSSR count). The van der Waals surface area contributed by atoms with Gasteiger partial charge < -0.3 is 15.2 Å². The van der Waals surface area contributed by atoms with Crippen LogP contribution in [-0.4, -0.2) is 18.2 Å². The topological polar surface area (TPSA) is 78.6 Å². The summed E-state index contributed by atoms with van der Waals surface area (Å²) in [5.41, 5.74) is 3.96. The number of esters is 1. The molecule has 1 aliphatic rings. The first-order valence-electron chi connectivity index (χ1n) is 6.59. The van der Waals surface area contributed by atoms with Gasteiger partial charge in [0.2, 0.25) is 0 Å². The Morgan fingerprint density at radius 1 is 1.23 bits per heavy atom. The molecule has 1 aromatic rings. The predicted octanol–water partition coefficient (Wildman–Crippen LogP) is 2.87. The number of primary amides is 1. The van der Waals surface area contributed by atoms with Crippen LogP contribution in [0.3, 0.4) is 0 Å². The minimum absolute atomic E-state index is 0.114. The molecule has 0 saturated heterocycles. The van der Waals surface area contributed by atoms with E-state index >= 15 is 0 Å². The predicted molar refractivity (Wildman–Crippen MR) is 68.9 cm³/mol. The van der Waals surface area contributed by atoms with Gasteiger partial charge in [-0.25, -0.2) is 4.79 Å². The van der Waals surface area contributed by atoms with Crippen molar-refractivity contribution in [3.63, 3.8) is 0 Å². The highest BCUT2D eigenvalue weighted by Crippen LogP contribution is 2.37. The summed E-state index contributed by atoms with van der Waals surface area (Å²) in [4.78, 5) is 21.9. The van der Waals surface area contributed by atoms with E-state index in [2.05, 4.69) is 4.74 Å². The van der Waals surface area contributed by atoms with Crippen molar-refractivity contribution in [2.45, 2.75) is 31.5 Å². The number of carbonyl (C=O) groups excluding carboxylic acids is 2. The van der Waals surface area contributed by atoms with Crippen LogP contribution in [0.5, 0.6) is 5.75 Å². The fraction of sp³-hybridized carbons (Fsp3) is 0.429. The van der Waals surface area contributed by atoms with Crippen molar-refractivity contribution in [2.24, 2.45) is 11.7 Å². The lowest BCUT2D eigenvalue weighted by Gasteiger charge is -2.18. The van der Waals surface area contributed by atoms with Gasteiger partial charge in [-0.15, -0.1) is 0 Å². The molecule has 1 unspecified atom stereocenters. The van der Waals surface area contributed by atoms with Crippen LogP contribution in [0.25, 0.3) is 0 Å². The zero-order valence-corrected chi connectivity index (χ0v) is 11.4. The number of rotatable bonds is 5. The summed E-state index contributed by atoms with van der Waals surface area (Å²) >= 11 is 0. The van der Waals surface area contributed by atoms with Gasteiger partial charge in [0.25, 0.3) is 0 Å². The van der Waals surface area contributed by atoms with E-state index in [-0.39, 0.29) is 18.1 Å². The van der Waals surface area contributed by atoms with Crippen molar-refractivity contribution in [1.29, 1.82) is 0 Å². The number of amides is 1. The van der Waals surface area contributed by atoms with E-state index < -0.39 is 29.9 Å². The first-order chi connectivity index (χ1) is 10.3.